The quantitative estimate of drug-likeness (QED) is 0.834. The average Bonchev–Trinajstić information content (AvgIpc) is 2.82. The van der Waals surface area contributed by atoms with Gasteiger partial charge in [-0.25, -0.2) is 0 Å². The van der Waals surface area contributed by atoms with E-state index >= 15 is 0 Å². The normalized spacial score (nSPS) is 11.5. The van der Waals surface area contributed by atoms with Gasteiger partial charge >= 0.3 is 0 Å². The summed E-state index contributed by atoms with van der Waals surface area (Å²) in [7, 11) is 1.81. The van der Waals surface area contributed by atoms with Crippen molar-refractivity contribution < 1.29 is 9.90 Å². The Morgan fingerprint density at radius 2 is 2.29 bits per heavy atom. The minimum Gasteiger partial charge on any atom is -0.384 e. The van der Waals surface area contributed by atoms with Crippen molar-refractivity contribution >= 4 is 17.2 Å². The summed E-state index contributed by atoms with van der Waals surface area (Å²) >= 11 is 1.36. The second-order valence-corrected chi connectivity index (χ2v) is 4.88. The van der Waals surface area contributed by atoms with E-state index in [1.165, 1.54) is 11.3 Å². The number of amides is 1. The molecule has 92 valence electrons. The summed E-state index contributed by atoms with van der Waals surface area (Å²) < 4.78 is 0. The molecule has 0 aliphatic carbocycles. The van der Waals surface area contributed by atoms with Gasteiger partial charge in [-0.05, 0) is 25.5 Å². The van der Waals surface area contributed by atoms with E-state index in [0.717, 1.165) is 11.3 Å². The van der Waals surface area contributed by atoms with Gasteiger partial charge in [0.25, 0.3) is 5.91 Å². The third kappa shape index (κ3) is 3.58. The monoisotopic (exact) mass is 251 g/mol. The number of nitrogens with zero attached hydrogens (tertiary/aromatic N) is 1. The van der Waals surface area contributed by atoms with Crippen molar-refractivity contribution in [1.82, 2.24) is 4.90 Å². The molecular weight excluding hydrogens is 234 g/mol. The predicted molar refractivity (Wildman–Crippen MR) is 70.1 cm³/mol. The van der Waals surface area contributed by atoms with Crippen LogP contribution in [0.3, 0.4) is 0 Å². The van der Waals surface area contributed by atoms with Crippen molar-refractivity contribution in [1.29, 1.82) is 0 Å². The second-order valence-electron chi connectivity index (χ2n) is 3.80. The van der Waals surface area contributed by atoms with Crippen LogP contribution >= 0.6 is 11.3 Å². The summed E-state index contributed by atoms with van der Waals surface area (Å²) in [6.45, 7) is 3.92. The van der Waals surface area contributed by atoms with E-state index < -0.39 is 0 Å². The molecule has 1 aromatic rings. The van der Waals surface area contributed by atoms with Gasteiger partial charge in [-0.15, -0.1) is 11.3 Å². The van der Waals surface area contributed by atoms with Crippen LogP contribution in [0.1, 0.15) is 34.8 Å². The largest absolute Gasteiger partial charge is 0.384 e. The number of hydrogen-bond donors (Lipinski definition) is 1. The molecule has 1 N–H and O–H groups in total. The van der Waals surface area contributed by atoms with Crippen LogP contribution in [-0.4, -0.2) is 35.6 Å². The van der Waals surface area contributed by atoms with Gasteiger partial charge in [0, 0.05) is 13.1 Å². The Balaban J connectivity index is 2.79. The van der Waals surface area contributed by atoms with Gasteiger partial charge in [0.05, 0.1) is 9.75 Å². The summed E-state index contributed by atoms with van der Waals surface area (Å²) in [5.74, 6) is 5.40. The predicted octanol–water partition coefficient (Wildman–Crippen LogP) is 1.96. The molecule has 0 bridgehead atoms. The lowest BCUT2D eigenvalue weighted by Gasteiger charge is -2.22. The van der Waals surface area contributed by atoms with Crippen molar-refractivity contribution in [3.8, 4) is 11.8 Å². The molecule has 1 rings (SSSR count). The third-order valence-corrected chi connectivity index (χ3v) is 3.67. The molecule has 1 heterocycles. The minimum atomic E-state index is -0.159. The maximum absolute atomic E-state index is 12.1. The van der Waals surface area contributed by atoms with Crippen molar-refractivity contribution in [2.75, 3.05) is 13.7 Å². The maximum Gasteiger partial charge on any atom is 0.263 e. The van der Waals surface area contributed by atoms with Gasteiger partial charge in [0.15, 0.2) is 0 Å². The molecule has 0 aliphatic rings. The van der Waals surface area contributed by atoms with Crippen LogP contribution in [0.25, 0.3) is 0 Å². The fourth-order valence-corrected chi connectivity index (χ4v) is 2.16. The van der Waals surface area contributed by atoms with Crippen LogP contribution in [0.15, 0.2) is 12.1 Å². The van der Waals surface area contributed by atoms with E-state index in [4.69, 9.17) is 5.11 Å². The SMILES string of the molecule is CCC(C)N(C)C(=O)c1ccc(C#CCO)s1. The number of aliphatic hydroxyl groups excluding tert-OH is 1. The number of hydrogen-bond acceptors (Lipinski definition) is 3. The van der Waals surface area contributed by atoms with Crippen molar-refractivity contribution in [3.63, 3.8) is 0 Å². The van der Waals surface area contributed by atoms with Crippen LogP contribution in [0.2, 0.25) is 0 Å². The number of thiophene rings is 1. The zero-order chi connectivity index (χ0) is 12.8. The van der Waals surface area contributed by atoms with E-state index in [9.17, 15) is 4.79 Å². The fraction of sp³-hybridized carbons (Fsp3) is 0.462. The molecule has 17 heavy (non-hydrogen) atoms. The lowest BCUT2D eigenvalue weighted by atomic mass is 10.2. The van der Waals surface area contributed by atoms with Crippen LogP contribution in [-0.2, 0) is 0 Å². The summed E-state index contributed by atoms with van der Waals surface area (Å²) in [6, 6.07) is 3.83. The highest BCUT2D eigenvalue weighted by Crippen LogP contribution is 2.18. The highest BCUT2D eigenvalue weighted by atomic mass is 32.1. The summed E-state index contributed by atoms with van der Waals surface area (Å²) in [4.78, 5) is 15.3. The average molecular weight is 251 g/mol. The molecule has 3 nitrogen and oxygen atoms in total. The first-order valence-electron chi connectivity index (χ1n) is 5.56. The van der Waals surface area contributed by atoms with E-state index in [0.29, 0.717) is 4.88 Å². The Bertz CT molecular complexity index is 442. The molecule has 4 heteroatoms. The van der Waals surface area contributed by atoms with Gasteiger partial charge in [0.2, 0.25) is 0 Å². The first kappa shape index (κ1) is 13.8. The zero-order valence-corrected chi connectivity index (χ0v) is 11.2. The maximum atomic E-state index is 12.1. The fourth-order valence-electron chi connectivity index (χ4n) is 1.29. The van der Waals surface area contributed by atoms with Crippen LogP contribution in [0.5, 0.6) is 0 Å². The van der Waals surface area contributed by atoms with Gasteiger partial charge in [-0.3, -0.25) is 4.79 Å². The van der Waals surface area contributed by atoms with Gasteiger partial charge in [-0.1, -0.05) is 18.8 Å². The molecule has 0 spiro atoms. The molecule has 1 aromatic heterocycles. The highest BCUT2D eigenvalue weighted by Gasteiger charge is 2.17. The molecule has 0 saturated carbocycles. The summed E-state index contributed by atoms with van der Waals surface area (Å²) in [6.07, 6.45) is 0.935. The molecule has 1 atom stereocenters. The van der Waals surface area contributed by atoms with E-state index in [1.807, 2.05) is 20.0 Å². The number of carbonyl (C=O) groups is 1. The zero-order valence-electron chi connectivity index (χ0n) is 10.4. The number of carbonyl (C=O) groups excluding carboxylic acids is 1. The van der Waals surface area contributed by atoms with Crippen molar-refractivity contribution in [3.05, 3.63) is 21.9 Å². The van der Waals surface area contributed by atoms with E-state index in [2.05, 4.69) is 18.8 Å². The van der Waals surface area contributed by atoms with Gasteiger partial charge in [-0.2, -0.15) is 0 Å². The van der Waals surface area contributed by atoms with E-state index in [-0.39, 0.29) is 18.6 Å². The van der Waals surface area contributed by atoms with Crippen LogP contribution in [0.4, 0.5) is 0 Å². The first-order valence-corrected chi connectivity index (χ1v) is 6.38. The Morgan fingerprint density at radius 1 is 1.59 bits per heavy atom. The molecule has 1 amide bonds. The molecule has 1 unspecified atom stereocenters. The molecular formula is C13H17NO2S. The molecule has 0 aromatic carbocycles. The first-order chi connectivity index (χ1) is 8.10. The molecule has 0 aliphatic heterocycles. The standard InChI is InChI=1S/C13H17NO2S/c1-4-10(2)14(3)13(16)12-8-7-11(17-12)6-5-9-15/h7-8,10,15H,4,9H2,1-3H3. The lowest BCUT2D eigenvalue weighted by molar-refractivity contribution is 0.0745. The smallest absolute Gasteiger partial charge is 0.263 e. The Hall–Kier alpha value is -1.31. The molecule has 0 saturated heterocycles. The van der Waals surface area contributed by atoms with Crippen LogP contribution < -0.4 is 0 Å². The van der Waals surface area contributed by atoms with Gasteiger partial charge < -0.3 is 10.0 Å². The summed E-state index contributed by atoms with van der Waals surface area (Å²) in [5, 5.41) is 8.59. The second kappa shape index (κ2) is 6.43. The van der Waals surface area contributed by atoms with Gasteiger partial charge in [0.1, 0.15) is 6.61 Å². The number of aliphatic hydroxyl groups is 1. The van der Waals surface area contributed by atoms with E-state index in [1.54, 1.807) is 11.0 Å². The Morgan fingerprint density at radius 3 is 2.88 bits per heavy atom. The Labute approximate surface area is 106 Å². The molecule has 0 radical (unpaired) electrons. The number of rotatable bonds is 3. The Kier molecular flexibility index (Phi) is 5.20. The van der Waals surface area contributed by atoms with Crippen molar-refractivity contribution in [2.45, 2.75) is 26.3 Å². The summed E-state index contributed by atoms with van der Waals surface area (Å²) in [5.41, 5.74) is 0. The minimum absolute atomic E-state index is 0.0291. The van der Waals surface area contributed by atoms with Crippen LogP contribution in [0, 0.1) is 11.8 Å². The lowest BCUT2D eigenvalue weighted by Crippen LogP contribution is -2.34. The topological polar surface area (TPSA) is 40.5 Å². The third-order valence-electron chi connectivity index (χ3n) is 2.68. The molecule has 0 fully saturated rings. The van der Waals surface area contributed by atoms with Crippen molar-refractivity contribution in [2.24, 2.45) is 0 Å². The highest BCUT2D eigenvalue weighted by molar-refractivity contribution is 7.14.